The van der Waals surface area contributed by atoms with Gasteiger partial charge in [-0.2, -0.15) is 0 Å². The third-order valence-corrected chi connectivity index (χ3v) is 3.17. The number of allylic oxidation sites excluding steroid dienone is 1. The Bertz CT molecular complexity index is 235. The van der Waals surface area contributed by atoms with E-state index in [1.54, 1.807) is 0 Å². The van der Waals surface area contributed by atoms with Crippen LogP contribution in [0.1, 0.15) is 52.4 Å². The number of hydrogen-bond acceptors (Lipinski definition) is 1. The van der Waals surface area contributed by atoms with Crippen LogP contribution in [0.5, 0.6) is 0 Å². The lowest BCUT2D eigenvalue weighted by atomic mass is 9.74. The zero-order valence-electron chi connectivity index (χ0n) is 9.18. The average molecular weight is 196 g/mol. The molecule has 1 fully saturated rings. The van der Waals surface area contributed by atoms with Gasteiger partial charge in [-0.1, -0.05) is 39.2 Å². The topological polar surface area (TPSA) is 37.3 Å². The van der Waals surface area contributed by atoms with Crippen LogP contribution in [-0.2, 0) is 4.79 Å². The quantitative estimate of drug-likeness (QED) is 0.702. The summed E-state index contributed by atoms with van der Waals surface area (Å²) in [6.07, 6.45) is 8.69. The summed E-state index contributed by atoms with van der Waals surface area (Å²) in [6, 6.07) is 0. The standard InChI is InChI=1S/C12H20O2/c1-3-10(11(13)14)9-12(2)7-5-4-6-8-12/h9H,3-8H2,1-2H3,(H,13,14)/b10-9+. The molecule has 1 aliphatic rings. The van der Waals surface area contributed by atoms with Crippen molar-refractivity contribution in [2.24, 2.45) is 5.41 Å². The third-order valence-electron chi connectivity index (χ3n) is 3.17. The molecule has 0 saturated heterocycles. The predicted octanol–water partition coefficient (Wildman–Crippen LogP) is 3.38. The van der Waals surface area contributed by atoms with Crippen LogP contribution in [-0.4, -0.2) is 11.1 Å². The molecule has 1 N–H and O–H groups in total. The molecule has 80 valence electrons. The van der Waals surface area contributed by atoms with Crippen molar-refractivity contribution in [2.75, 3.05) is 0 Å². The lowest BCUT2D eigenvalue weighted by Crippen LogP contribution is -2.19. The Labute approximate surface area is 86.0 Å². The van der Waals surface area contributed by atoms with E-state index in [-0.39, 0.29) is 5.41 Å². The lowest BCUT2D eigenvalue weighted by molar-refractivity contribution is -0.132. The largest absolute Gasteiger partial charge is 0.478 e. The SMILES string of the molecule is CC/C(=C\C1(C)CCCCC1)C(=O)O. The van der Waals surface area contributed by atoms with Crippen LogP contribution in [0, 0.1) is 5.41 Å². The van der Waals surface area contributed by atoms with E-state index in [2.05, 4.69) is 6.92 Å². The Morgan fingerprint density at radius 2 is 1.93 bits per heavy atom. The van der Waals surface area contributed by atoms with E-state index in [0.717, 1.165) is 12.8 Å². The summed E-state index contributed by atoms with van der Waals surface area (Å²) in [5, 5.41) is 8.95. The van der Waals surface area contributed by atoms with E-state index in [1.807, 2.05) is 13.0 Å². The summed E-state index contributed by atoms with van der Waals surface area (Å²) >= 11 is 0. The van der Waals surface area contributed by atoms with Gasteiger partial charge in [0.25, 0.3) is 0 Å². The van der Waals surface area contributed by atoms with E-state index < -0.39 is 5.97 Å². The maximum atomic E-state index is 10.9. The molecule has 2 heteroatoms. The fourth-order valence-corrected chi connectivity index (χ4v) is 2.24. The van der Waals surface area contributed by atoms with Crippen molar-refractivity contribution in [2.45, 2.75) is 52.4 Å². The first-order chi connectivity index (χ1) is 6.57. The summed E-state index contributed by atoms with van der Waals surface area (Å²) in [4.78, 5) is 10.9. The third kappa shape index (κ3) is 2.86. The fourth-order valence-electron chi connectivity index (χ4n) is 2.24. The number of rotatable bonds is 3. The van der Waals surface area contributed by atoms with Crippen LogP contribution in [0.4, 0.5) is 0 Å². The van der Waals surface area contributed by atoms with Crippen LogP contribution in [0.3, 0.4) is 0 Å². The first-order valence-electron chi connectivity index (χ1n) is 5.52. The highest BCUT2D eigenvalue weighted by Gasteiger charge is 2.25. The van der Waals surface area contributed by atoms with Crippen molar-refractivity contribution in [1.29, 1.82) is 0 Å². The molecule has 0 aromatic heterocycles. The van der Waals surface area contributed by atoms with Gasteiger partial charge in [0.1, 0.15) is 0 Å². The van der Waals surface area contributed by atoms with Gasteiger partial charge >= 0.3 is 5.97 Å². The maximum absolute atomic E-state index is 10.9. The number of carbonyl (C=O) groups is 1. The molecule has 0 atom stereocenters. The van der Waals surface area contributed by atoms with E-state index in [9.17, 15) is 4.79 Å². The second kappa shape index (κ2) is 4.63. The van der Waals surface area contributed by atoms with Gasteiger partial charge in [-0.3, -0.25) is 0 Å². The van der Waals surface area contributed by atoms with Crippen molar-refractivity contribution in [3.8, 4) is 0 Å². The number of hydrogen-bond donors (Lipinski definition) is 1. The van der Waals surface area contributed by atoms with Crippen molar-refractivity contribution in [3.05, 3.63) is 11.6 Å². The molecule has 0 amide bonds. The van der Waals surface area contributed by atoms with Crippen LogP contribution in [0.2, 0.25) is 0 Å². The Hall–Kier alpha value is -0.790. The minimum Gasteiger partial charge on any atom is -0.478 e. The van der Waals surface area contributed by atoms with Gasteiger partial charge in [0.15, 0.2) is 0 Å². The molecule has 0 aromatic rings. The van der Waals surface area contributed by atoms with E-state index in [1.165, 1.54) is 19.3 Å². The van der Waals surface area contributed by atoms with Crippen molar-refractivity contribution >= 4 is 5.97 Å². The van der Waals surface area contributed by atoms with Gasteiger partial charge in [-0.15, -0.1) is 0 Å². The molecule has 1 aliphatic carbocycles. The first kappa shape index (κ1) is 11.3. The van der Waals surface area contributed by atoms with E-state index in [0.29, 0.717) is 12.0 Å². The van der Waals surface area contributed by atoms with Gasteiger partial charge in [0.05, 0.1) is 0 Å². The number of carboxylic acid groups (broad SMARTS) is 1. The zero-order chi connectivity index (χ0) is 10.6. The van der Waals surface area contributed by atoms with Crippen LogP contribution >= 0.6 is 0 Å². The second-order valence-electron chi connectivity index (χ2n) is 4.54. The number of aliphatic carboxylic acids is 1. The monoisotopic (exact) mass is 196 g/mol. The molecule has 14 heavy (non-hydrogen) atoms. The smallest absolute Gasteiger partial charge is 0.331 e. The molecule has 0 aromatic carbocycles. The van der Waals surface area contributed by atoms with Gasteiger partial charge in [0.2, 0.25) is 0 Å². The fraction of sp³-hybridized carbons (Fsp3) is 0.750. The zero-order valence-corrected chi connectivity index (χ0v) is 9.18. The molecule has 2 nitrogen and oxygen atoms in total. The Morgan fingerprint density at radius 3 is 2.36 bits per heavy atom. The van der Waals surface area contributed by atoms with Crippen LogP contribution in [0.25, 0.3) is 0 Å². The van der Waals surface area contributed by atoms with Gasteiger partial charge in [-0.05, 0) is 24.7 Å². The van der Waals surface area contributed by atoms with Gasteiger partial charge in [-0.25, -0.2) is 4.79 Å². The second-order valence-corrected chi connectivity index (χ2v) is 4.54. The molecule has 0 heterocycles. The molecule has 0 aliphatic heterocycles. The molecular weight excluding hydrogens is 176 g/mol. The first-order valence-corrected chi connectivity index (χ1v) is 5.52. The molecule has 0 spiro atoms. The van der Waals surface area contributed by atoms with E-state index in [4.69, 9.17) is 5.11 Å². The highest BCUT2D eigenvalue weighted by atomic mass is 16.4. The Kier molecular flexibility index (Phi) is 3.73. The van der Waals surface area contributed by atoms with Crippen molar-refractivity contribution in [1.82, 2.24) is 0 Å². The molecule has 0 bridgehead atoms. The molecule has 0 radical (unpaired) electrons. The highest BCUT2D eigenvalue weighted by Crippen LogP contribution is 2.38. The maximum Gasteiger partial charge on any atom is 0.331 e. The minimum atomic E-state index is -0.751. The van der Waals surface area contributed by atoms with Crippen molar-refractivity contribution in [3.63, 3.8) is 0 Å². The minimum absolute atomic E-state index is 0.141. The lowest BCUT2D eigenvalue weighted by Gasteiger charge is -2.31. The molecule has 1 saturated carbocycles. The summed E-state index contributed by atoms with van der Waals surface area (Å²) in [7, 11) is 0. The molecule has 0 unspecified atom stereocenters. The van der Waals surface area contributed by atoms with E-state index >= 15 is 0 Å². The van der Waals surface area contributed by atoms with Gasteiger partial charge < -0.3 is 5.11 Å². The average Bonchev–Trinajstić information content (AvgIpc) is 2.15. The van der Waals surface area contributed by atoms with Crippen LogP contribution in [0.15, 0.2) is 11.6 Å². The molecular formula is C12H20O2. The van der Waals surface area contributed by atoms with Gasteiger partial charge in [0, 0.05) is 5.57 Å². The Morgan fingerprint density at radius 1 is 1.36 bits per heavy atom. The van der Waals surface area contributed by atoms with Crippen molar-refractivity contribution < 1.29 is 9.90 Å². The normalized spacial score (nSPS) is 22.0. The summed E-state index contributed by atoms with van der Waals surface area (Å²) in [5.74, 6) is -0.751. The molecule has 1 rings (SSSR count). The van der Waals surface area contributed by atoms with Crippen LogP contribution < -0.4 is 0 Å². The summed E-state index contributed by atoms with van der Waals surface area (Å²) < 4.78 is 0. The highest BCUT2D eigenvalue weighted by molar-refractivity contribution is 5.86. The predicted molar refractivity (Wildman–Crippen MR) is 57.2 cm³/mol. The Balaban J connectivity index is 2.75. The number of carboxylic acids is 1. The summed E-state index contributed by atoms with van der Waals surface area (Å²) in [6.45, 7) is 4.09. The summed E-state index contributed by atoms with van der Waals surface area (Å²) in [5.41, 5.74) is 0.719.